The Hall–Kier alpha value is -3.17. The molecule has 0 saturated carbocycles. The summed E-state index contributed by atoms with van der Waals surface area (Å²) in [5.74, 6) is 0.726. The first-order valence-corrected chi connectivity index (χ1v) is 9.51. The van der Waals surface area contributed by atoms with Crippen LogP contribution in [0.4, 0.5) is 11.4 Å². The number of hydrogen-bond donors (Lipinski definition) is 1. The van der Waals surface area contributed by atoms with Gasteiger partial charge in [-0.2, -0.15) is 0 Å². The number of halogens is 1. The molecule has 3 nitrogen and oxygen atoms in total. The first-order chi connectivity index (χ1) is 13.6. The van der Waals surface area contributed by atoms with Crippen LogP contribution in [0.3, 0.4) is 0 Å². The Morgan fingerprint density at radius 3 is 2.18 bits per heavy atom. The Morgan fingerprint density at radius 2 is 1.50 bits per heavy atom. The zero-order chi connectivity index (χ0) is 19.5. The molecule has 1 aliphatic rings. The summed E-state index contributed by atoms with van der Waals surface area (Å²) in [6.07, 6.45) is 2.03. The lowest BCUT2D eigenvalue weighted by Crippen LogP contribution is -2.18. The average molecular weight is 386 g/mol. The van der Waals surface area contributed by atoms with E-state index < -0.39 is 0 Å². The van der Waals surface area contributed by atoms with Crippen molar-refractivity contribution in [2.75, 3.05) is 5.32 Å². The molecule has 0 aromatic heterocycles. The SMILES string of the molecule is Cc1cccc(C)c1N=C1C=C(c2ccccc2)N=C1Nc1ccc(Cl)cc1. The van der Waals surface area contributed by atoms with Crippen LogP contribution in [0.1, 0.15) is 16.7 Å². The summed E-state index contributed by atoms with van der Waals surface area (Å²) in [5, 5.41) is 4.09. The van der Waals surface area contributed by atoms with Crippen LogP contribution in [-0.2, 0) is 0 Å². The molecule has 3 aromatic rings. The molecule has 0 radical (unpaired) electrons. The number of para-hydroxylation sites is 1. The summed E-state index contributed by atoms with van der Waals surface area (Å²) in [6, 6.07) is 23.9. The third kappa shape index (κ3) is 3.90. The second-order valence-corrected chi connectivity index (χ2v) is 7.16. The third-order valence-electron chi connectivity index (χ3n) is 4.60. The van der Waals surface area contributed by atoms with Gasteiger partial charge < -0.3 is 5.32 Å². The van der Waals surface area contributed by atoms with Gasteiger partial charge in [-0.15, -0.1) is 0 Å². The molecule has 138 valence electrons. The van der Waals surface area contributed by atoms with Gasteiger partial charge in [0.2, 0.25) is 0 Å². The van der Waals surface area contributed by atoms with Crippen LogP contribution < -0.4 is 5.32 Å². The summed E-state index contributed by atoms with van der Waals surface area (Å²) in [6.45, 7) is 4.15. The number of aryl methyl sites for hydroxylation is 2. The summed E-state index contributed by atoms with van der Waals surface area (Å²) in [4.78, 5) is 9.76. The minimum Gasteiger partial charge on any atom is -0.338 e. The van der Waals surface area contributed by atoms with Gasteiger partial charge in [-0.25, -0.2) is 9.98 Å². The van der Waals surface area contributed by atoms with Crippen LogP contribution in [0.15, 0.2) is 88.9 Å². The first-order valence-electron chi connectivity index (χ1n) is 9.14. The molecule has 0 fully saturated rings. The number of nitrogens with one attached hydrogen (secondary N) is 1. The van der Waals surface area contributed by atoms with Gasteiger partial charge in [0.05, 0.1) is 11.4 Å². The normalized spacial score (nSPS) is 14.8. The van der Waals surface area contributed by atoms with Crippen molar-refractivity contribution in [3.8, 4) is 0 Å². The molecule has 4 rings (SSSR count). The van der Waals surface area contributed by atoms with E-state index in [1.807, 2.05) is 48.5 Å². The highest BCUT2D eigenvalue weighted by Crippen LogP contribution is 2.27. The summed E-state index contributed by atoms with van der Waals surface area (Å²) < 4.78 is 0. The van der Waals surface area contributed by atoms with Gasteiger partial charge >= 0.3 is 0 Å². The summed E-state index contributed by atoms with van der Waals surface area (Å²) >= 11 is 6.01. The summed E-state index contributed by atoms with van der Waals surface area (Å²) in [5.41, 5.74) is 6.94. The second-order valence-electron chi connectivity index (χ2n) is 6.73. The van der Waals surface area contributed by atoms with Gasteiger partial charge in [-0.3, -0.25) is 0 Å². The zero-order valence-corrected chi connectivity index (χ0v) is 16.5. The monoisotopic (exact) mass is 385 g/mol. The van der Waals surface area contributed by atoms with Gasteiger partial charge in [-0.05, 0) is 55.3 Å². The van der Waals surface area contributed by atoms with E-state index in [0.717, 1.165) is 45.3 Å². The van der Waals surface area contributed by atoms with Crippen molar-refractivity contribution >= 4 is 40.2 Å². The largest absolute Gasteiger partial charge is 0.338 e. The Balaban J connectivity index is 1.76. The summed E-state index contributed by atoms with van der Waals surface area (Å²) in [7, 11) is 0. The molecule has 3 aromatic carbocycles. The maximum absolute atomic E-state index is 6.01. The maximum Gasteiger partial charge on any atom is 0.157 e. The molecule has 0 bridgehead atoms. The van der Waals surface area contributed by atoms with Crippen LogP contribution in [0, 0.1) is 13.8 Å². The number of anilines is 1. The van der Waals surface area contributed by atoms with Crippen LogP contribution in [0.2, 0.25) is 5.02 Å². The molecule has 1 N–H and O–H groups in total. The van der Waals surface area contributed by atoms with Crippen LogP contribution in [-0.4, -0.2) is 11.5 Å². The zero-order valence-electron chi connectivity index (χ0n) is 15.8. The second kappa shape index (κ2) is 7.83. The number of amidine groups is 1. The number of hydrogen-bond acceptors (Lipinski definition) is 3. The molecule has 0 spiro atoms. The fourth-order valence-electron chi connectivity index (χ4n) is 3.11. The quantitative estimate of drug-likeness (QED) is 0.542. The van der Waals surface area contributed by atoms with E-state index in [9.17, 15) is 0 Å². The minimum atomic E-state index is 0.700. The van der Waals surface area contributed by atoms with Crippen molar-refractivity contribution in [1.29, 1.82) is 0 Å². The smallest absolute Gasteiger partial charge is 0.157 e. The minimum absolute atomic E-state index is 0.700. The van der Waals surface area contributed by atoms with Gasteiger partial charge in [0, 0.05) is 16.3 Å². The van der Waals surface area contributed by atoms with Crippen molar-refractivity contribution < 1.29 is 0 Å². The standard InChI is InChI=1S/C24H20ClN3/c1-16-7-6-8-17(2)23(16)27-22-15-21(18-9-4-3-5-10-18)28-24(22)26-20-13-11-19(25)12-14-20/h3-15H,1-2H3,(H,26,27,28). The van der Waals surface area contributed by atoms with Gasteiger partial charge in [-0.1, -0.05) is 60.1 Å². The van der Waals surface area contributed by atoms with Crippen LogP contribution in [0.5, 0.6) is 0 Å². The topological polar surface area (TPSA) is 36.8 Å². The van der Waals surface area contributed by atoms with E-state index in [4.69, 9.17) is 21.6 Å². The van der Waals surface area contributed by atoms with E-state index in [1.54, 1.807) is 0 Å². The lowest BCUT2D eigenvalue weighted by atomic mass is 10.1. The highest BCUT2D eigenvalue weighted by atomic mass is 35.5. The Morgan fingerprint density at radius 1 is 0.821 bits per heavy atom. The maximum atomic E-state index is 6.01. The predicted molar refractivity (Wildman–Crippen MR) is 120 cm³/mol. The van der Waals surface area contributed by atoms with E-state index in [1.165, 1.54) is 0 Å². The van der Waals surface area contributed by atoms with Gasteiger partial charge in [0.1, 0.15) is 5.71 Å². The van der Waals surface area contributed by atoms with Crippen LogP contribution >= 0.6 is 11.6 Å². The Labute approximate surface area is 170 Å². The Kier molecular flexibility index (Phi) is 5.09. The van der Waals surface area contributed by atoms with Crippen molar-refractivity contribution in [2.24, 2.45) is 9.98 Å². The molecule has 0 saturated heterocycles. The molecule has 4 heteroatoms. The molecule has 1 heterocycles. The number of aliphatic imine (C=N–C) groups is 2. The fraction of sp³-hybridized carbons (Fsp3) is 0.0833. The van der Waals surface area contributed by atoms with E-state index >= 15 is 0 Å². The molecule has 0 atom stereocenters. The van der Waals surface area contributed by atoms with E-state index in [2.05, 4.69) is 49.5 Å². The fourth-order valence-corrected chi connectivity index (χ4v) is 3.24. The number of nitrogens with zero attached hydrogens (tertiary/aromatic N) is 2. The first kappa shape index (κ1) is 18.2. The number of rotatable bonds is 3. The van der Waals surface area contributed by atoms with E-state index in [0.29, 0.717) is 5.02 Å². The highest BCUT2D eigenvalue weighted by molar-refractivity contribution is 6.53. The molecule has 0 unspecified atom stereocenters. The molecule has 0 amide bonds. The van der Waals surface area contributed by atoms with Crippen molar-refractivity contribution in [2.45, 2.75) is 13.8 Å². The molecule has 0 aliphatic carbocycles. The van der Waals surface area contributed by atoms with Crippen molar-refractivity contribution in [3.63, 3.8) is 0 Å². The lowest BCUT2D eigenvalue weighted by molar-refractivity contribution is 1.33. The van der Waals surface area contributed by atoms with E-state index in [-0.39, 0.29) is 0 Å². The number of benzene rings is 3. The highest BCUT2D eigenvalue weighted by Gasteiger charge is 2.18. The molecule has 1 aliphatic heterocycles. The molecular formula is C24H20ClN3. The van der Waals surface area contributed by atoms with Gasteiger partial charge in [0.15, 0.2) is 5.84 Å². The lowest BCUT2D eigenvalue weighted by Gasteiger charge is -2.09. The van der Waals surface area contributed by atoms with Crippen LogP contribution in [0.25, 0.3) is 5.70 Å². The molecular weight excluding hydrogens is 366 g/mol. The third-order valence-corrected chi connectivity index (χ3v) is 4.85. The average Bonchev–Trinajstić information content (AvgIpc) is 3.10. The Bertz CT molecular complexity index is 1070. The predicted octanol–water partition coefficient (Wildman–Crippen LogP) is 6.59. The van der Waals surface area contributed by atoms with Gasteiger partial charge in [0.25, 0.3) is 0 Å². The molecule has 28 heavy (non-hydrogen) atoms. The van der Waals surface area contributed by atoms with Crippen molar-refractivity contribution in [3.05, 3.63) is 101 Å². The van der Waals surface area contributed by atoms with Crippen molar-refractivity contribution in [1.82, 2.24) is 0 Å².